The van der Waals surface area contributed by atoms with Crippen molar-refractivity contribution in [1.29, 1.82) is 0 Å². The first-order valence-corrected chi connectivity index (χ1v) is 8.08. The Balaban J connectivity index is 1.88. The van der Waals surface area contributed by atoms with Gasteiger partial charge in [-0.3, -0.25) is 9.59 Å². The number of benzene rings is 2. The van der Waals surface area contributed by atoms with E-state index in [0.29, 0.717) is 23.5 Å². The normalized spacial score (nSPS) is 9.92. The van der Waals surface area contributed by atoms with Crippen LogP contribution in [0.2, 0.25) is 0 Å². The van der Waals surface area contributed by atoms with Crippen LogP contribution in [0.15, 0.2) is 48.5 Å². The number of para-hydroxylation sites is 1. The minimum absolute atomic E-state index is 0.147. The quantitative estimate of drug-likeness (QED) is 0.664. The monoisotopic (exact) mass is 355 g/mol. The summed E-state index contributed by atoms with van der Waals surface area (Å²) in [6.07, 6.45) is 0.208. The molecule has 0 aliphatic heterocycles. The number of carbonyl (C=O) groups excluding carboxylic acids is 3. The van der Waals surface area contributed by atoms with E-state index in [1.54, 1.807) is 42.5 Å². The number of nitrogens with one attached hydrogen (secondary N) is 3. The summed E-state index contributed by atoms with van der Waals surface area (Å²) in [6.45, 7) is 1.84. The highest BCUT2D eigenvalue weighted by Crippen LogP contribution is 2.17. The molecule has 0 saturated carbocycles. The van der Waals surface area contributed by atoms with Gasteiger partial charge in [0.1, 0.15) is 0 Å². The molecule has 0 aromatic heterocycles. The third kappa shape index (κ3) is 5.62. The molecule has 26 heavy (non-hydrogen) atoms. The summed E-state index contributed by atoms with van der Waals surface area (Å²) in [5.41, 5.74) is 2.19. The molecule has 2 amide bonds. The van der Waals surface area contributed by atoms with Gasteiger partial charge in [0.05, 0.1) is 18.4 Å². The van der Waals surface area contributed by atoms with Gasteiger partial charge < -0.3 is 20.7 Å². The molecule has 0 heterocycles. The van der Waals surface area contributed by atoms with Crippen LogP contribution in [-0.2, 0) is 14.3 Å². The molecular weight excluding hydrogens is 334 g/mol. The standard InChI is InChI=1S/C19H21N3O4/c1-13(23)21-15-7-5-6-14(12-15)20-11-10-18(24)22-17-9-4-3-8-16(17)19(25)26-2/h3-9,12,20H,10-11H2,1-2H3,(H,21,23)(H,22,24). The number of anilines is 3. The molecule has 3 N–H and O–H groups in total. The van der Waals surface area contributed by atoms with E-state index in [0.717, 1.165) is 5.69 Å². The Morgan fingerprint density at radius 1 is 0.962 bits per heavy atom. The van der Waals surface area contributed by atoms with Crippen LogP contribution in [0.4, 0.5) is 17.1 Å². The number of hydrogen-bond acceptors (Lipinski definition) is 5. The first-order valence-electron chi connectivity index (χ1n) is 8.08. The molecule has 2 aromatic rings. The smallest absolute Gasteiger partial charge is 0.339 e. The molecule has 0 unspecified atom stereocenters. The summed E-state index contributed by atoms with van der Waals surface area (Å²) < 4.78 is 4.70. The van der Waals surface area contributed by atoms with Crippen molar-refractivity contribution in [1.82, 2.24) is 0 Å². The van der Waals surface area contributed by atoms with E-state index >= 15 is 0 Å². The highest BCUT2D eigenvalue weighted by molar-refractivity contribution is 6.01. The third-order valence-corrected chi connectivity index (χ3v) is 3.47. The predicted octanol–water partition coefficient (Wildman–Crippen LogP) is 2.87. The van der Waals surface area contributed by atoms with E-state index in [9.17, 15) is 14.4 Å². The Bertz CT molecular complexity index is 805. The number of methoxy groups -OCH3 is 1. The highest BCUT2D eigenvalue weighted by atomic mass is 16.5. The van der Waals surface area contributed by atoms with Gasteiger partial charge in [-0.05, 0) is 30.3 Å². The lowest BCUT2D eigenvalue weighted by Gasteiger charge is -2.11. The van der Waals surface area contributed by atoms with Gasteiger partial charge in [-0.25, -0.2) is 4.79 Å². The Kier molecular flexibility index (Phi) is 6.73. The second kappa shape index (κ2) is 9.22. The Labute approximate surface area is 151 Å². The van der Waals surface area contributed by atoms with Gasteiger partial charge in [0.2, 0.25) is 11.8 Å². The summed E-state index contributed by atoms with van der Waals surface area (Å²) in [5, 5.41) is 8.53. The van der Waals surface area contributed by atoms with E-state index in [4.69, 9.17) is 4.74 Å². The van der Waals surface area contributed by atoms with Crippen molar-refractivity contribution in [2.24, 2.45) is 0 Å². The van der Waals surface area contributed by atoms with Gasteiger partial charge in [0.15, 0.2) is 0 Å². The van der Waals surface area contributed by atoms with Crippen LogP contribution in [0, 0.1) is 0 Å². The van der Waals surface area contributed by atoms with Gasteiger partial charge in [-0.15, -0.1) is 0 Å². The first kappa shape index (κ1) is 19.0. The van der Waals surface area contributed by atoms with E-state index in [1.165, 1.54) is 14.0 Å². The van der Waals surface area contributed by atoms with E-state index in [1.807, 2.05) is 6.07 Å². The lowest BCUT2D eigenvalue weighted by Crippen LogP contribution is -2.18. The molecular formula is C19H21N3O4. The van der Waals surface area contributed by atoms with Crippen molar-refractivity contribution in [3.05, 3.63) is 54.1 Å². The molecule has 136 valence electrons. The fraction of sp³-hybridized carbons (Fsp3) is 0.211. The largest absolute Gasteiger partial charge is 0.465 e. The maximum absolute atomic E-state index is 12.1. The Morgan fingerprint density at radius 3 is 2.42 bits per heavy atom. The van der Waals surface area contributed by atoms with Crippen LogP contribution in [0.25, 0.3) is 0 Å². The average molecular weight is 355 g/mol. The summed E-state index contributed by atoms with van der Waals surface area (Å²) in [5.74, 6) is -0.883. The Morgan fingerprint density at radius 2 is 1.69 bits per heavy atom. The first-order chi connectivity index (χ1) is 12.5. The fourth-order valence-electron chi connectivity index (χ4n) is 2.32. The summed E-state index contributed by atoms with van der Waals surface area (Å²) in [7, 11) is 1.29. The van der Waals surface area contributed by atoms with Gasteiger partial charge in [0, 0.05) is 31.3 Å². The molecule has 0 radical (unpaired) electrons. The van der Waals surface area contributed by atoms with Crippen molar-refractivity contribution < 1.29 is 19.1 Å². The minimum Gasteiger partial charge on any atom is -0.465 e. The van der Waals surface area contributed by atoms with E-state index in [2.05, 4.69) is 16.0 Å². The van der Waals surface area contributed by atoms with Crippen LogP contribution in [-0.4, -0.2) is 31.4 Å². The topological polar surface area (TPSA) is 96.5 Å². The summed E-state index contributed by atoms with van der Waals surface area (Å²) in [6, 6.07) is 13.9. The number of hydrogen-bond donors (Lipinski definition) is 3. The number of rotatable bonds is 7. The minimum atomic E-state index is -0.506. The molecule has 0 fully saturated rings. The maximum atomic E-state index is 12.1. The van der Waals surface area contributed by atoms with Crippen molar-refractivity contribution in [3.63, 3.8) is 0 Å². The predicted molar refractivity (Wildman–Crippen MR) is 100 cm³/mol. The molecule has 0 aliphatic rings. The van der Waals surface area contributed by atoms with Crippen molar-refractivity contribution in [2.75, 3.05) is 29.6 Å². The molecule has 7 nitrogen and oxygen atoms in total. The lowest BCUT2D eigenvalue weighted by atomic mass is 10.1. The van der Waals surface area contributed by atoms with Crippen LogP contribution in [0.3, 0.4) is 0 Å². The highest BCUT2D eigenvalue weighted by Gasteiger charge is 2.13. The summed E-state index contributed by atoms with van der Waals surface area (Å²) in [4.78, 5) is 34.9. The van der Waals surface area contributed by atoms with Crippen molar-refractivity contribution >= 4 is 34.8 Å². The lowest BCUT2D eigenvalue weighted by molar-refractivity contribution is -0.116. The molecule has 0 saturated heterocycles. The van der Waals surface area contributed by atoms with Crippen LogP contribution < -0.4 is 16.0 Å². The Hall–Kier alpha value is -3.35. The number of esters is 1. The zero-order valence-corrected chi connectivity index (χ0v) is 14.7. The average Bonchev–Trinajstić information content (AvgIpc) is 2.61. The zero-order valence-electron chi connectivity index (χ0n) is 14.7. The fourth-order valence-corrected chi connectivity index (χ4v) is 2.32. The number of amides is 2. The number of carbonyl (C=O) groups is 3. The van der Waals surface area contributed by atoms with Gasteiger partial charge in [-0.1, -0.05) is 18.2 Å². The SMILES string of the molecule is COC(=O)c1ccccc1NC(=O)CCNc1cccc(NC(C)=O)c1. The van der Waals surface area contributed by atoms with Crippen LogP contribution >= 0.6 is 0 Å². The molecule has 2 rings (SSSR count). The van der Waals surface area contributed by atoms with E-state index in [-0.39, 0.29) is 18.2 Å². The van der Waals surface area contributed by atoms with Crippen molar-refractivity contribution in [2.45, 2.75) is 13.3 Å². The van der Waals surface area contributed by atoms with Gasteiger partial charge in [0.25, 0.3) is 0 Å². The molecule has 0 bridgehead atoms. The van der Waals surface area contributed by atoms with Crippen LogP contribution in [0.5, 0.6) is 0 Å². The second-order valence-electron chi connectivity index (χ2n) is 5.52. The van der Waals surface area contributed by atoms with E-state index < -0.39 is 5.97 Å². The maximum Gasteiger partial charge on any atom is 0.339 e. The van der Waals surface area contributed by atoms with Gasteiger partial charge >= 0.3 is 5.97 Å². The van der Waals surface area contributed by atoms with Crippen molar-refractivity contribution in [3.8, 4) is 0 Å². The molecule has 0 atom stereocenters. The zero-order chi connectivity index (χ0) is 18.9. The third-order valence-electron chi connectivity index (χ3n) is 3.47. The molecule has 7 heteroatoms. The molecule has 2 aromatic carbocycles. The molecule has 0 spiro atoms. The summed E-state index contributed by atoms with van der Waals surface area (Å²) >= 11 is 0. The van der Waals surface area contributed by atoms with Gasteiger partial charge in [-0.2, -0.15) is 0 Å². The number of ether oxygens (including phenoxy) is 1. The second-order valence-corrected chi connectivity index (χ2v) is 5.52. The van der Waals surface area contributed by atoms with Crippen LogP contribution in [0.1, 0.15) is 23.7 Å². The molecule has 0 aliphatic carbocycles.